The number of amides is 1. The van der Waals surface area contributed by atoms with Gasteiger partial charge in [-0.3, -0.25) is 4.79 Å². The van der Waals surface area contributed by atoms with Gasteiger partial charge in [0.1, 0.15) is 5.69 Å². The molecule has 1 aromatic heterocycles. The summed E-state index contributed by atoms with van der Waals surface area (Å²) in [6.45, 7) is 7.44. The Morgan fingerprint density at radius 1 is 1.56 bits per heavy atom. The molecule has 1 atom stereocenters. The maximum Gasteiger partial charge on any atom is 0.268 e. The fourth-order valence-corrected chi connectivity index (χ4v) is 2.21. The van der Waals surface area contributed by atoms with Crippen LogP contribution in [-0.2, 0) is 11.3 Å². The molecule has 1 amide bonds. The van der Waals surface area contributed by atoms with E-state index in [1.807, 2.05) is 23.8 Å². The first-order valence-corrected chi connectivity index (χ1v) is 6.94. The van der Waals surface area contributed by atoms with Crippen molar-refractivity contribution in [3.8, 4) is 0 Å². The average Bonchev–Trinajstić information content (AvgIpc) is 2.69. The summed E-state index contributed by atoms with van der Waals surface area (Å²) in [4.78, 5) is 12.2. The van der Waals surface area contributed by atoms with Gasteiger partial charge in [0.15, 0.2) is 0 Å². The summed E-state index contributed by atoms with van der Waals surface area (Å²) in [6, 6.07) is 1.87. The third kappa shape index (κ3) is 3.85. The number of halogens is 1. The topological polar surface area (TPSA) is 43.3 Å². The third-order valence-corrected chi connectivity index (χ3v) is 3.34. The molecule has 1 rings (SSSR count). The van der Waals surface area contributed by atoms with E-state index in [9.17, 15) is 4.79 Å². The van der Waals surface area contributed by atoms with Gasteiger partial charge in [-0.25, -0.2) is 0 Å². The summed E-state index contributed by atoms with van der Waals surface area (Å²) in [5.74, 6) is 0.278. The van der Waals surface area contributed by atoms with Crippen LogP contribution in [0, 0.1) is 5.92 Å². The van der Waals surface area contributed by atoms with Gasteiger partial charge in [0.2, 0.25) is 0 Å². The molecule has 0 aromatic carbocycles. The van der Waals surface area contributed by atoms with Crippen molar-refractivity contribution in [3.63, 3.8) is 0 Å². The molecule has 4 nitrogen and oxygen atoms in total. The Labute approximate surface area is 117 Å². The van der Waals surface area contributed by atoms with Gasteiger partial charge in [0.05, 0.1) is 12.6 Å². The number of aromatic nitrogens is 1. The Morgan fingerprint density at radius 2 is 2.22 bits per heavy atom. The Balaban J connectivity index is 2.79. The average molecular weight is 317 g/mol. The summed E-state index contributed by atoms with van der Waals surface area (Å²) in [7, 11) is 1.65. The number of nitrogens with zero attached hydrogens (tertiary/aromatic N) is 1. The minimum atomic E-state index is -0.0571. The minimum Gasteiger partial charge on any atom is -0.383 e. The van der Waals surface area contributed by atoms with Crippen molar-refractivity contribution in [2.75, 3.05) is 13.7 Å². The van der Waals surface area contributed by atoms with E-state index in [0.717, 1.165) is 11.0 Å². The highest BCUT2D eigenvalue weighted by Crippen LogP contribution is 2.15. The maximum atomic E-state index is 12.2. The lowest BCUT2D eigenvalue weighted by Gasteiger charge is -2.21. The Bertz CT molecular complexity index is 402. The highest BCUT2D eigenvalue weighted by Gasteiger charge is 2.19. The zero-order valence-corrected chi connectivity index (χ0v) is 13.0. The van der Waals surface area contributed by atoms with Crippen LogP contribution in [0.2, 0.25) is 0 Å². The van der Waals surface area contributed by atoms with E-state index in [0.29, 0.717) is 18.2 Å². The van der Waals surface area contributed by atoms with E-state index < -0.39 is 0 Å². The van der Waals surface area contributed by atoms with E-state index in [2.05, 4.69) is 35.1 Å². The normalized spacial score (nSPS) is 12.8. The van der Waals surface area contributed by atoms with Crippen LogP contribution < -0.4 is 5.32 Å². The van der Waals surface area contributed by atoms with Crippen LogP contribution in [0.3, 0.4) is 0 Å². The molecule has 0 saturated heterocycles. The lowest BCUT2D eigenvalue weighted by Crippen LogP contribution is -2.42. The highest BCUT2D eigenvalue weighted by molar-refractivity contribution is 9.10. The van der Waals surface area contributed by atoms with Gasteiger partial charge in [0, 0.05) is 24.3 Å². The van der Waals surface area contributed by atoms with Crippen molar-refractivity contribution in [2.24, 2.45) is 5.92 Å². The van der Waals surface area contributed by atoms with E-state index in [1.165, 1.54) is 0 Å². The lowest BCUT2D eigenvalue weighted by atomic mass is 10.1. The first kappa shape index (κ1) is 15.2. The molecule has 0 aliphatic carbocycles. The maximum absolute atomic E-state index is 12.2. The van der Waals surface area contributed by atoms with E-state index in [1.54, 1.807) is 7.11 Å². The largest absolute Gasteiger partial charge is 0.383 e. The zero-order chi connectivity index (χ0) is 13.7. The number of carbonyl (C=O) groups is 1. The van der Waals surface area contributed by atoms with Gasteiger partial charge in [-0.1, -0.05) is 13.8 Å². The third-order valence-electron chi connectivity index (χ3n) is 2.90. The fraction of sp³-hybridized carbons (Fsp3) is 0.615. The molecule has 0 saturated carbocycles. The smallest absolute Gasteiger partial charge is 0.268 e. The molecule has 0 fully saturated rings. The molecule has 102 valence electrons. The quantitative estimate of drug-likeness (QED) is 0.876. The number of hydrogen-bond acceptors (Lipinski definition) is 2. The minimum absolute atomic E-state index is 0.0291. The van der Waals surface area contributed by atoms with Gasteiger partial charge < -0.3 is 14.6 Å². The van der Waals surface area contributed by atoms with Gasteiger partial charge >= 0.3 is 0 Å². The Kier molecular flexibility index (Phi) is 5.88. The first-order chi connectivity index (χ1) is 8.49. The summed E-state index contributed by atoms with van der Waals surface area (Å²) in [5, 5.41) is 3.02. The van der Waals surface area contributed by atoms with Crippen LogP contribution in [0.5, 0.6) is 0 Å². The van der Waals surface area contributed by atoms with Crippen molar-refractivity contribution in [1.29, 1.82) is 0 Å². The molecule has 5 heteroatoms. The zero-order valence-electron chi connectivity index (χ0n) is 11.4. The number of ether oxygens (including phenoxy) is 1. The predicted molar refractivity (Wildman–Crippen MR) is 75.8 cm³/mol. The number of carbonyl (C=O) groups excluding carboxylic acids is 1. The molecular formula is C13H21BrN2O2. The first-order valence-electron chi connectivity index (χ1n) is 6.15. The summed E-state index contributed by atoms with van der Waals surface area (Å²) in [6.07, 6.45) is 1.91. The molecule has 1 N–H and O–H groups in total. The molecule has 1 heterocycles. The SMILES string of the molecule is CCn1cc(Br)cc1C(=O)NC(COC)C(C)C. The number of rotatable bonds is 6. The monoisotopic (exact) mass is 316 g/mol. The summed E-state index contributed by atoms with van der Waals surface area (Å²) >= 11 is 3.39. The number of hydrogen-bond donors (Lipinski definition) is 1. The summed E-state index contributed by atoms with van der Waals surface area (Å²) < 4.78 is 7.97. The summed E-state index contributed by atoms with van der Waals surface area (Å²) in [5.41, 5.74) is 0.672. The van der Waals surface area contributed by atoms with Crippen molar-refractivity contribution >= 4 is 21.8 Å². The molecule has 0 spiro atoms. The van der Waals surface area contributed by atoms with Crippen LogP contribution in [0.15, 0.2) is 16.7 Å². The second-order valence-electron chi connectivity index (χ2n) is 4.61. The van der Waals surface area contributed by atoms with Gasteiger partial charge in [0.25, 0.3) is 5.91 Å². The molecule has 1 aromatic rings. The predicted octanol–water partition coefficient (Wildman–Crippen LogP) is 2.67. The van der Waals surface area contributed by atoms with Gasteiger partial charge in [-0.2, -0.15) is 0 Å². The number of methoxy groups -OCH3 is 1. The van der Waals surface area contributed by atoms with Crippen molar-refractivity contribution in [1.82, 2.24) is 9.88 Å². The van der Waals surface area contributed by atoms with E-state index in [4.69, 9.17) is 4.74 Å². The Morgan fingerprint density at radius 3 is 2.72 bits per heavy atom. The van der Waals surface area contributed by atoms with Crippen LogP contribution >= 0.6 is 15.9 Å². The van der Waals surface area contributed by atoms with E-state index in [-0.39, 0.29) is 11.9 Å². The highest BCUT2D eigenvalue weighted by atomic mass is 79.9. The molecule has 18 heavy (non-hydrogen) atoms. The molecule has 0 aliphatic heterocycles. The van der Waals surface area contributed by atoms with Crippen molar-refractivity contribution in [3.05, 3.63) is 22.4 Å². The van der Waals surface area contributed by atoms with Crippen LogP contribution in [0.4, 0.5) is 0 Å². The number of aryl methyl sites for hydroxylation is 1. The van der Waals surface area contributed by atoms with Crippen LogP contribution in [-0.4, -0.2) is 30.2 Å². The van der Waals surface area contributed by atoms with Crippen molar-refractivity contribution < 1.29 is 9.53 Å². The van der Waals surface area contributed by atoms with Gasteiger partial charge in [-0.05, 0) is 34.8 Å². The molecule has 0 bridgehead atoms. The lowest BCUT2D eigenvalue weighted by molar-refractivity contribution is 0.0857. The molecular weight excluding hydrogens is 296 g/mol. The molecule has 0 radical (unpaired) electrons. The van der Waals surface area contributed by atoms with Crippen molar-refractivity contribution in [2.45, 2.75) is 33.4 Å². The van der Waals surface area contributed by atoms with Crippen LogP contribution in [0.25, 0.3) is 0 Å². The fourth-order valence-electron chi connectivity index (χ4n) is 1.75. The van der Waals surface area contributed by atoms with E-state index >= 15 is 0 Å². The van der Waals surface area contributed by atoms with Gasteiger partial charge in [-0.15, -0.1) is 0 Å². The second kappa shape index (κ2) is 6.95. The second-order valence-corrected chi connectivity index (χ2v) is 5.52. The standard InChI is InChI=1S/C13H21BrN2O2/c1-5-16-7-10(14)6-12(16)13(17)15-11(8-18-4)9(2)3/h6-7,9,11H,5,8H2,1-4H3,(H,15,17). The Hall–Kier alpha value is -0.810. The molecule has 0 aliphatic rings. The van der Waals surface area contributed by atoms with Crippen LogP contribution in [0.1, 0.15) is 31.3 Å². The number of nitrogens with one attached hydrogen (secondary N) is 1. The molecule has 1 unspecified atom stereocenters.